The van der Waals surface area contributed by atoms with E-state index < -0.39 is 0 Å². The highest BCUT2D eigenvalue weighted by atomic mass is 14.2. The first kappa shape index (κ1) is 30.8. The lowest BCUT2D eigenvalue weighted by Crippen LogP contribution is -1.95. The summed E-state index contributed by atoms with van der Waals surface area (Å²) in [4.78, 5) is 0. The van der Waals surface area contributed by atoms with Gasteiger partial charge in [-0.2, -0.15) is 0 Å². The minimum Gasteiger partial charge on any atom is -0.0773 e. The number of aryl methyl sites for hydroxylation is 3. The second-order valence-electron chi connectivity index (χ2n) is 13.8. The number of allylic oxidation sites excluding steroid dienone is 6. The fraction of sp³-hybridized carbons (Fsp3) is 0.143. The van der Waals surface area contributed by atoms with E-state index in [4.69, 9.17) is 0 Å². The van der Waals surface area contributed by atoms with Crippen LogP contribution in [0.25, 0.3) is 71.3 Å². The predicted octanol–water partition coefficient (Wildman–Crippen LogP) is 14.0. The van der Waals surface area contributed by atoms with Crippen molar-refractivity contribution in [2.75, 3.05) is 0 Å². The van der Waals surface area contributed by atoms with Gasteiger partial charge in [0.1, 0.15) is 0 Å². The van der Waals surface area contributed by atoms with E-state index in [9.17, 15) is 0 Å². The number of fused-ring (bicyclic) bond motifs is 3. The van der Waals surface area contributed by atoms with Crippen LogP contribution in [0.2, 0.25) is 0 Å². The molecule has 7 aromatic rings. The van der Waals surface area contributed by atoms with Crippen molar-refractivity contribution >= 4 is 37.9 Å². The number of rotatable bonds is 5. The number of benzene rings is 7. The van der Waals surface area contributed by atoms with Crippen LogP contribution in [-0.4, -0.2) is 0 Å². The van der Waals surface area contributed by atoms with Crippen LogP contribution in [0.3, 0.4) is 0 Å². The van der Waals surface area contributed by atoms with Crippen LogP contribution in [-0.2, 0) is 0 Å². The molecule has 238 valence electrons. The van der Waals surface area contributed by atoms with E-state index in [-0.39, 0.29) is 0 Å². The zero-order valence-electron chi connectivity index (χ0n) is 29.1. The Morgan fingerprint density at radius 2 is 1.00 bits per heavy atom. The van der Waals surface area contributed by atoms with Crippen LogP contribution in [0.15, 0.2) is 151 Å². The van der Waals surface area contributed by atoms with Gasteiger partial charge in [-0.15, -0.1) is 0 Å². The van der Waals surface area contributed by atoms with Crippen LogP contribution in [0.5, 0.6) is 0 Å². The summed E-state index contributed by atoms with van der Waals surface area (Å²) in [7, 11) is 0. The summed E-state index contributed by atoms with van der Waals surface area (Å²) >= 11 is 0. The summed E-state index contributed by atoms with van der Waals surface area (Å²) in [6.45, 7) is 11.1. The summed E-state index contributed by atoms with van der Waals surface area (Å²) in [5.41, 5.74) is 15.6. The van der Waals surface area contributed by atoms with E-state index in [2.05, 4.69) is 180 Å². The SMILES string of the molecule is CCC1C=CC(C)=CC(c2cccc(-c3c4ccccc4c(-c4ccc(-c5c(C)cc(C)cc5C)c5ccccc45)c4ccccc34)c2)=C1. The quantitative estimate of drug-likeness (QED) is 0.166. The van der Waals surface area contributed by atoms with Crippen molar-refractivity contribution in [2.24, 2.45) is 5.92 Å². The van der Waals surface area contributed by atoms with Crippen LogP contribution >= 0.6 is 0 Å². The Labute approximate surface area is 290 Å². The lowest BCUT2D eigenvalue weighted by atomic mass is 9.82. The van der Waals surface area contributed by atoms with Crippen molar-refractivity contribution in [3.8, 4) is 33.4 Å². The average Bonchev–Trinajstić information content (AvgIpc) is 3.31. The Balaban J connectivity index is 1.39. The largest absolute Gasteiger partial charge is 0.0773 e. The molecule has 49 heavy (non-hydrogen) atoms. The first-order valence-corrected chi connectivity index (χ1v) is 17.6. The molecule has 0 spiro atoms. The fourth-order valence-electron chi connectivity index (χ4n) is 8.26. The second-order valence-corrected chi connectivity index (χ2v) is 13.8. The first-order chi connectivity index (χ1) is 23.9. The van der Waals surface area contributed by atoms with E-state index >= 15 is 0 Å². The maximum absolute atomic E-state index is 2.43. The molecular formula is C49H42. The molecule has 7 aromatic carbocycles. The molecule has 1 aliphatic rings. The molecule has 0 aromatic heterocycles. The van der Waals surface area contributed by atoms with E-state index in [1.165, 1.54) is 99.1 Å². The van der Waals surface area contributed by atoms with Gasteiger partial charge in [0.15, 0.2) is 0 Å². The van der Waals surface area contributed by atoms with Gasteiger partial charge in [0.2, 0.25) is 0 Å². The highest BCUT2D eigenvalue weighted by Gasteiger charge is 2.20. The van der Waals surface area contributed by atoms with Crippen molar-refractivity contribution in [2.45, 2.75) is 41.0 Å². The van der Waals surface area contributed by atoms with Crippen LogP contribution in [0.1, 0.15) is 42.5 Å². The third-order valence-corrected chi connectivity index (χ3v) is 10.4. The second kappa shape index (κ2) is 12.5. The highest BCUT2D eigenvalue weighted by molar-refractivity contribution is 6.24. The molecule has 0 heterocycles. The summed E-state index contributed by atoms with van der Waals surface area (Å²) in [6.07, 6.45) is 10.5. The van der Waals surface area contributed by atoms with Crippen molar-refractivity contribution < 1.29 is 0 Å². The third-order valence-electron chi connectivity index (χ3n) is 10.4. The molecule has 1 unspecified atom stereocenters. The minimum atomic E-state index is 0.438. The topological polar surface area (TPSA) is 0 Å². The molecule has 0 bridgehead atoms. The molecule has 0 fully saturated rings. The van der Waals surface area contributed by atoms with Gasteiger partial charge in [-0.25, -0.2) is 0 Å². The Morgan fingerprint density at radius 1 is 0.490 bits per heavy atom. The van der Waals surface area contributed by atoms with Gasteiger partial charge in [0, 0.05) is 0 Å². The Kier molecular flexibility index (Phi) is 7.89. The highest BCUT2D eigenvalue weighted by Crippen LogP contribution is 2.47. The molecule has 0 saturated carbocycles. The summed E-state index contributed by atoms with van der Waals surface area (Å²) in [5.74, 6) is 0.438. The lowest BCUT2D eigenvalue weighted by molar-refractivity contribution is 0.776. The lowest BCUT2D eigenvalue weighted by Gasteiger charge is -2.21. The summed E-state index contributed by atoms with van der Waals surface area (Å²) in [6, 6.07) is 45.5. The van der Waals surface area contributed by atoms with Gasteiger partial charge < -0.3 is 0 Å². The molecule has 1 atom stereocenters. The van der Waals surface area contributed by atoms with Crippen molar-refractivity contribution in [1.82, 2.24) is 0 Å². The Bertz CT molecular complexity index is 2440. The molecule has 0 N–H and O–H groups in total. The average molecular weight is 631 g/mol. The minimum absolute atomic E-state index is 0.438. The monoisotopic (exact) mass is 630 g/mol. The smallest absolute Gasteiger partial charge is 0.00201 e. The predicted molar refractivity (Wildman–Crippen MR) is 214 cm³/mol. The number of hydrogen-bond acceptors (Lipinski definition) is 0. The van der Waals surface area contributed by atoms with Crippen molar-refractivity contribution in [3.63, 3.8) is 0 Å². The standard InChI is InChI=1S/C49H42/c1-6-35-23-22-31(2)28-38(29-35)36-14-13-15-37(30-36)48-41-18-9-11-20-43(41)49(44-21-12-10-19-42(44)48)46-25-24-45(39-16-7-8-17-40(39)46)47-33(4)26-32(3)27-34(47)5/h7-30,35H,6H2,1-5H3. The Morgan fingerprint density at radius 3 is 1.57 bits per heavy atom. The van der Waals surface area contributed by atoms with Gasteiger partial charge in [0.05, 0.1) is 0 Å². The van der Waals surface area contributed by atoms with Gasteiger partial charge in [-0.1, -0.05) is 158 Å². The molecule has 0 amide bonds. The van der Waals surface area contributed by atoms with Crippen LogP contribution in [0, 0.1) is 26.7 Å². The van der Waals surface area contributed by atoms with Crippen LogP contribution < -0.4 is 0 Å². The summed E-state index contributed by atoms with van der Waals surface area (Å²) < 4.78 is 0. The van der Waals surface area contributed by atoms with Gasteiger partial charge in [-0.3, -0.25) is 0 Å². The van der Waals surface area contributed by atoms with E-state index in [0.29, 0.717) is 5.92 Å². The third kappa shape index (κ3) is 5.42. The first-order valence-electron chi connectivity index (χ1n) is 17.6. The van der Waals surface area contributed by atoms with Crippen LogP contribution in [0.4, 0.5) is 0 Å². The zero-order chi connectivity index (χ0) is 33.6. The fourth-order valence-corrected chi connectivity index (χ4v) is 8.26. The van der Waals surface area contributed by atoms with Gasteiger partial charge >= 0.3 is 0 Å². The molecule has 0 saturated heterocycles. The molecule has 0 radical (unpaired) electrons. The molecule has 1 aliphatic carbocycles. The Hall–Kier alpha value is -5.46. The molecule has 8 rings (SSSR count). The van der Waals surface area contributed by atoms with Gasteiger partial charge in [0.25, 0.3) is 0 Å². The zero-order valence-corrected chi connectivity index (χ0v) is 29.1. The maximum Gasteiger partial charge on any atom is -0.00201 e. The van der Waals surface area contributed by atoms with E-state index in [1.54, 1.807) is 0 Å². The molecular weight excluding hydrogens is 589 g/mol. The number of hydrogen-bond donors (Lipinski definition) is 0. The van der Waals surface area contributed by atoms with E-state index in [0.717, 1.165) is 6.42 Å². The maximum atomic E-state index is 2.43. The molecule has 0 aliphatic heterocycles. The van der Waals surface area contributed by atoms with Gasteiger partial charge in [-0.05, 0) is 134 Å². The summed E-state index contributed by atoms with van der Waals surface area (Å²) in [5, 5.41) is 7.69. The molecule has 0 heteroatoms. The molecule has 0 nitrogen and oxygen atoms in total. The van der Waals surface area contributed by atoms with Crippen molar-refractivity contribution in [1.29, 1.82) is 0 Å². The van der Waals surface area contributed by atoms with Crippen molar-refractivity contribution in [3.05, 3.63) is 173 Å². The van der Waals surface area contributed by atoms with E-state index in [1.807, 2.05) is 0 Å². The normalized spacial score (nSPS) is 14.7.